The molecule has 1 unspecified atom stereocenters. The molecule has 0 aliphatic carbocycles. The third-order valence-corrected chi connectivity index (χ3v) is 2.24. The average molecular weight is 235 g/mol. The van der Waals surface area contributed by atoms with Crippen molar-refractivity contribution in [1.29, 1.82) is 0 Å². The van der Waals surface area contributed by atoms with Gasteiger partial charge in [0.1, 0.15) is 6.61 Å². The van der Waals surface area contributed by atoms with Crippen molar-refractivity contribution in [2.45, 2.75) is 13.3 Å². The molecular weight excluding hydrogens is 222 g/mol. The molecule has 72 valence electrons. The van der Waals surface area contributed by atoms with Gasteiger partial charge in [0.05, 0.1) is 13.2 Å². The summed E-state index contributed by atoms with van der Waals surface area (Å²) in [7, 11) is -2.90. The Balaban J connectivity index is 0. The summed E-state index contributed by atoms with van der Waals surface area (Å²) in [5.74, 6) is 0. The minimum atomic E-state index is -2.90. The van der Waals surface area contributed by atoms with Crippen molar-refractivity contribution in [2.75, 3.05) is 19.8 Å². The molecule has 0 saturated heterocycles. The van der Waals surface area contributed by atoms with Crippen LogP contribution in [0.15, 0.2) is 0 Å². The monoisotopic (exact) mass is 235 g/mol. The summed E-state index contributed by atoms with van der Waals surface area (Å²) in [5.41, 5.74) is -0.838. The SMILES string of the molecule is CCC(CO)(CO)CO[P+](=O)[O-].[K+]. The molecule has 0 heterocycles. The van der Waals surface area contributed by atoms with E-state index in [4.69, 9.17) is 10.2 Å². The molecule has 0 rings (SSSR count). The van der Waals surface area contributed by atoms with Crippen LogP contribution >= 0.6 is 8.25 Å². The second kappa shape index (κ2) is 8.85. The Morgan fingerprint density at radius 2 is 1.92 bits per heavy atom. The van der Waals surface area contributed by atoms with Crippen molar-refractivity contribution in [3.63, 3.8) is 0 Å². The largest absolute Gasteiger partial charge is 1.00 e. The number of hydrogen-bond acceptors (Lipinski definition) is 5. The van der Waals surface area contributed by atoms with Gasteiger partial charge in [-0.2, -0.15) is 0 Å². The molecule has 2 N–H and O–H groups in total. The van der Waals surface area contributed by atoms with Crippen molar-refractivity contribution in [2.24, 2.45) is 5.41 Å². The van der Waals surface area contributed by atoms with Crippen LogP contribution in [0.25, 0.3) is 0 Å². The topological polar surface area (TPSA) is 89.8 Å². The van der Waals surface area contributed by atoms with Crippen molar-refractivity contribution in [3.8, 4) is 0 Å². The van der Waals surface area contributed by atoms with Crippen LogP contribution in [0.3, 0.4) is 0 Å². The van der Waals surface area contributed by atoms with E-state index in [2.05, 4.69) is 4.52 Å². The zero-order chi connectivity index (χ0) is 9.61. The maximum Gasteiger partial charge on any atom is 1.00 e. The first kappa shape index (κ1) is 17.0. The number of aliphatic hydroxyl groups excluding tert-OH is 2. The minimum absolute atomic E-state index is 0. The summed E-state index contributed by atoms with van der Waals surface area (Å²) >= 11 is 0. The van der Waals surface area contributed by atoms with E-state index >= 15 is 0 Å². The third-order valence-electron chi connectivity index (χ3n) is 1.90. The first-order chi connectivity index (χ1) is 5.60. The van der Waals surface area contributed by atoms with E-state index in [1.807, 2.05) is 0 Å². The van der Waals surface area contributed by atoms with E-state index in [1.165, 1.54) is 0 Å². The van der Waals surface area contributed by atoms with Crippen LogP contribution in [0.2, 0.25) is 0 Å². The molecule has 0 saturated carbocycles. The zero-order valence-corrected chi connectivity index (χ0v) is 11.9. The second-order valence-electron chi connectivity index (χ2n) is 2.67. The molecule has 0 spiro atoms. The summed E-state index contributed by atoms with van der Waals surface area (Å²) in [6.45, 7) is 0.995. The van der Waals surface area contributed by atoms with E-state index in [0.29, 0.717) is 6.42 Å². The summed E-state index contributed by atoms with van der Waals surface area (Å²) in [6.07, 6.45) is 0.461. The van der Waals surface area contributed by atoms with Crippen molar-refractivity contribution < 1.29 is 75.6 Å². The number of hydrogen-bond donors (Lipinski definition) is 2. The molecule has 0 amide bonds. The molecule has 0 radical (unpaired) electrons. The summed E-state index contributed by atoms with van der Waals surface area (Å²) in [4.78, 5) is 10.0. The van der Waals surface area contributed by atoms with Gasteiger partial charge in [0, 0.05) is 5.41 Å². The standard InChI is InChI=1S/C6H13O5P.K/c1-2-6(3-7,4-8)5-11-12(9)10;/h7-8H,2-5H2,1H3;/q;+1. The van der Waals surface area contributed by atoms with E-state index in [9.17, 15) is 9.46 Å². The Morgan fingerprint density at radius 3 is 2.15 bits per heavy atom. The normalized spacial score (nSPS) is 12.2. The van der Waals surface area contributed by atoms with Gasteiger partial charge in [-0.25, -0.2) is 0 Å². The Morgan fingerprint density at radius 1 is 1.46 bits per heavy atom. The molecule has 0 bridgehead atoms. The van der Waals surface area contributed by atoms with Crippen LogP contribution < -0.4 is 56.3 Å². The Hall–Kier alpha value is 1.58. The van der Waals surface area contributed by atoms with Gasteiger partial charge in [-0.15, -0.1) is 4.52 Å². The molecule has 0 aromatic heterocycles. The molecule has 1 atom stereocenters. The Bertz CT molecular complexity index is 142. The molecule has 0 aliphatic heterocycles. The van der Waals surface area contributed by atoms with Gasteiger partial charge in [0.25, 0.3) is 0 Å². The molecule has 0 aromatic carbocycles. The van der Waals surface area contributed by atoms with E-state index in [1.54, 1.807) is 6.92 Å². The van der Waals surface area contributed by atoms with Gasteiger partial charge in [0.15, 0.2) is 0 Å². The average Bonchev–Trinajstić information content (AvgIpc) is 2.08. The molecule has 5 nitrogen and oxygen atoms in total. The van der Waals surface area contributed by atoms with Crippen molar-refractivity contribution >= 4 is 8.25 Å². The molecule has 0 aromatic rings. The van der Waals surface area contributed by atoms with Gasteiger partial charge in [-0.05, 0) is 11.0 Å². The van der Waals surface area contributed by atoms with E-state index in [0.717, 1.165) is 0 Å². The number of aliphatic hydroxyl groups is 2. The van der Waals surface area contributed by atoms with Crippen LogP contribution in [-0.2, 0) is 9.09 Å². The Labute approximate surface area is 121 Å². The fraction of sp³-hybridized carbons (Fsp3) is 1.00. The van der Waals surface area contributed by atoms with E-state index < -0.39 is 13.7 Å². The van der Waals surface area contributed by atoms with Crippen LogP contribution in [-0.4, -0.2) is 30.0 Å². The quantitative estimate of drug-likeness (QED) is 0.367. The van der Waals surface area contributed by atoms with Crippen LogP contribution in [0.1, 0.15) is 13.3 Å². The van der Waals surface area contributed by atoms with Crippen molar-refractivity contribution in [1.82, 2.24) is 0 Å². The van der Waals surface area contributed by atoms with Crippen molar-refractivity contribution in [3.05, 3.63) is 0 Å². The third kappa shape index (κ3) is 6.62. The number of rotatable bonds is 6. The van der Waals surface area contributed by atoms with Gasteiger partial charge in [-0.1, -0.05) is 6.92 Å². The first-order valence-corrected chi connectivity index (χ1v) is 4.69. The zero-order valence-electron chi connectivity index (χ0n) is 7.89. The van der Waals surface area contributed by atoms with Crippen LogP contribution in [0.5, 0.6) is 0 Å². The minimum Gasteiger partial charge on any atom is -0.566 e. The smallest absolute Gasteiger partial charge is 0.566 e. The Kier molecular flexibility index (Phi) is 11.6. The van der Waals surface area contributed by atoms with Gasteiger partial charge >= 0.3 is 59.6 Å². The van der Waals surface area contributed by atoms with Gasteiger partial charge in [-0.3, -0.25) is 0 Å². The second-order valence-corrected chi connectivity index (χ2v) is 3.37. The fourth-order valence-corrected chi connectivity index (χ4v) is 1.04. The van der Waals surface area contributed by atoms with Gasteiger partial charge < -0.3 is 15.1 Å². The summed E-state index contributed by atoms with van der Waals surface area (Å²) in [5, 5.41) is 17.7. The van der Waals surface area contributed by atoms with E-state index in [-0.39, 0.29) is 71.2 Å². The summed E-state index contributed by atoms with van der Waals surface area (Å²) in [6, 6.07) is 0. The predicted octanol–water partition coefficient (Wildman–Crippen LogP) is -3.59. The molecular formula is C6H13KO5P+. The molecule has 0 aliphatic rings. The van der Waals surface area contributed by atoms with Gasteiger partial charge in [0.2, 0.25) is 0 Å². The summed E-state index contributed by atoms with van der Waals surface area (Å²) < 4.78 is 14.4. The predicted molar refractivity (Wildman–Crippen MR) is 40.5 cm³/mol. The van der Waals surface area contributed by atoms with Crippen LogP contribution in [0.4, 0.5) is 0 Å². The maximum absolute atomic E-state index is 10.0. The molecule has 7 heteroatoms. The fourth-order valence-electron chi connectivity index (χ4n) is 0.657. The maximum atomic E-state index is 10.0. The molecule has 0 fully saturated rings. The van der Waals surface area contributed by atoms with Crippen LogP contribution in [0, 0.1) is 5.41 Å². The first-order valence-electron chi connectivity index (χ1n) is 3.59. The molecule has 13 heavy (non-hydrogen) atoms.